The molecule has 28 heavy (non-hydrogen) atoms. The van der Waals surface area contributed by atoms with Gasteiger partial charge in [0.1, 0.15) is 16.5 Å². The van der Waals surface area contributed by atoms with E-state index in [1.54, 1.807) is 29.0 Å². The minimum atomic E-state index is -0.178. The van der Waals surface area contributed by atoms with E-state index in [2.05, 4.69) is 25.9 Å². The van der Waals surface area contributed by atoms with E-state index in [1.807, 2.05) is 30.0 Å². The molecule has 0 radical (unpaired) electrons. The Hall–Kier alpha value is -2.87. The molecule has 3 aromatic rings. The van der Waals surface area contributed by atoms with Crippen molar-refractivity contribution in [1.82, 2.24) is 19.5 Å². The van der Waals surface area contributed by atoms with Crippen LogP contribution in [0.25, 0.3) is 11.4 Å². The molecule has 1 unspecified atom stereocenters. The largest absolute Gasteiger partial charge is 0.332 e. The van der Waals surface area contributed by atoms with Gasteiger partial charge in [-0.15, -0.1) is 0 Å². The van der Waals surface area contributed by atoms with E-state index in [9.17, 15) is 9.59 Å². The molecule has 142 valence electrons. The first-order chi connectivity index (χ1) is 13.6. The molecule has 2 aromatic heterocycles. The van der Waals surface area contributed by atoms with Gasteiger partial charge in [-0.05, 0) is 35.3 Å². The van der Waals surface area contributed by atoms with Crippen molar-refractivity contribution >= 4 is 27.7 Å². The maximum Gasteiger partial charge on any atom is 0.269 e. The standard InChI is InChI=1S/C20H18BrN5O2/c1-13-8-10-25-19(28)17(21)18(15-7-9-22-12-23-15)24-20(25)26(13)11-16(27)14-5-3-2-4-6-14/h2-7,9,12-13H,8,10-11H2,1H3. The highest BCUT2D eigenvalue weighted by Crippen LogP contribution is 2.28. The van der Waals surface area contributed by atoms with Gasteiger partial charge in [-0.3, -0.25) is 14.2 Å². The molecule has 3 heterocycles. The maximum atomic E-state index is 12.9. The van der Waals surface area contributed by atoms with Crippen LogP contribution in [-0.2, 0) is 6.54 Å². The van der Waals surface area contributed by atoms with E-state index >= 15 is 0 Å². The summed E-state index contributed by atoms with van der Waals surface area (Å²) in [4.78, 5) is 40.5. The van der Waals surface area contributed by atoms with Crippen LogP contribution in [0.2, 0.25) is 0 Å². The van der Waals surface area contributed by atoms with E-state index in [-0.39, 0.29) is 23.9 Å². The van der Waals surface area contributed by atoms with Gasteiger partial charge < -0.3 is 4.90 Å². The van der Waals surface area contributed by atoms with Gasteiger partial charge in [-0.2, -0.15) is 0 Å². The number of carbonyl (C=O) groups is 1. The molecule has 0 spiro atoms. The number of hydrogen-bond donors (Lipinski definition) is 0. The highest BCUT2D eigenvalue weighted by molar-refractivity contribution is 9.10. The van der Waals surface area contributed by atoms with Crippen LogP contribution in [-0.4, -0.2) is 37.9 Å². The summed E-state index contributed by atoms with van der Waals surface area (Å²) < 4.78 is 1.98. The number of hydrogen-bond acceptors (Lipinski definition) is 6. The smallest absolute Gasteiger partial charge is 0.269 e. The minimum Gasteiger partial charge on any atom is -0.332 e. The Kier molecular flexibility index (Phi) is 5.04. The highest BCUT2D eigenvalue weighted by Gasteiger charge is 2.29. The summed E-state index contributed by atoms with van der Waals surface area (Å²) in [7, 11) is 0. The summed E-state index contributed by atoms with van der Waals surface area (Å²) in [5, 5.41) is 0. The Morgan fingerprint density at radius 1 is 1.25 bits per heavy atom. The molecule has 8 heteroatoms. The Morgan fingerprint density at radius 3 is 2.75 bits per heavy atom. The topological polar surface area (TPSA) is 81.0 Å². The van der Waals surface area contributed by atoms with Gasteiger partial charge in [0.25, 0.3) is 5.56 Å². The van der Waals surface area contributed by atoms with Crippen molar-refractivity contribution in [2.24, 2.45) is 0 Å². The number of anilines is 1. The van der Waals surface area contributed by atoms with E-state index in [1.165, 1.54) is 6.33 Å². The van der Waals surface area contributed by atoms with Gasteiger partial charge >= 0.3 is 0 Å². The minimum absolute atomic E-state index is 0.0124. The summed E-state index contributed by atoms with van der Waals surface area (Å²) in [6.07, 6.45) is 3.78. The van der Waals surface area contributed by atoms with Gasteiger partial charge in [0.05, 0.1) is 12.2 Å². The second kappa shape index (κ2) is 7.63. The number of carbonyl (C=O) groups excluding carboxylic acids is 1. The van der Waals surface area contributed by atoms with Crippen molar-refractivity contribution in [3.63, 3.8) is 0 Å². The van der Waals surface area contributed by atoms with E-state index < -0.39 is 0 Å². The second-order valence-electron chi connectivity index (χ2n) is 6.68. The van der Waals surface area contributed by atoms with E-state index in [0.29, 0.717) is 33.9 Å². The molecule has 1 aliphatic heterocycles. The number of rotatable bonds is 4. The van der Waals surface area contributed by atoms with E-state index in [4.69, 9.17) is 4.98 Å². The molecule has 0 amide bonds. The van der Waals surface area contributed by atoms with Crippen molar-refractivity contribution in [3.8, 4) is 11.4 Å². The first-order valence-corrected chi connectivity index (χ1v) is 9.77. The number of fused-ring (bicyclic) bond motifs is 1. The Labute approximate surface area is 170 Å². The summed E-state index contributed by atoms with van der Waals surface area (Å²) in [5.41, 5.74) is 1.46. The number of halogens is 1. The van der Waals surface area contributed by atoms with Crippen molar-refractivity contribution in [2.45, 2.75) is 25.9 Å². The van der Waals surface area contributed by atoms with Crippen molar-refractivity contribution in [2.75, 3.05) is 11.4 Å². The quantitative estimate of drug-likeness (QED) is 0.581. The van der Waals surface area contributed by atoms with Crippen LogP contribution in [0.4, 0.5) is 5.95 Å². The highest BCUT2D eigenvalue weighted by atomic mass is 79.9. The predicted octanol–water partition coefficient (Wildman–Crippen LogP) is 2.94. The predicted molar refractivity (Wildman–Crippen MR) is 109 cm³/mol. The van der Waals surface area contributed by atoms with Gasteiger partial charge in [0, 0.05) is 24.3 Å². The Balaban J connectivity index is 1.78. The van der Waals surface area contributed by atoms with Gasteiger partial charge in [-0.1, -0.05) is 30.3 Å². The fourth-order valence-corrected chi connectivity index (χ4v) is 3.81. The molecule has 7 nitrogen and oxygen atoms in total. The molecule has 0 saturated carbocycles. The SMILES string of the molecule is CC1CCn2c(nc(-c3ccncn3)c(Br)c2=O)N1CC(=O)c1ccccc1. The van der Waals surface area contributed by atoms with Gasteiger partial charge in [-0.25, -0.2) is 15.0 Å². The third-order valence-electron chi connectivity index (χ3n) is 4.89. The second-order valence-corrected chi connectivity index (χ2v) is 7.47. The zero-order chi connectivity index (χ0) is 19.7. The van der Waals surface area contributed by atoms with Crippen LogP contribution in [0, 0.1) is 0 Å². The van der Waals surface area contributed by atoms with Crippen LogP contribution >= 0.6 is 15.9 Å². The molecule has 0 fully saturated rings. The summed E-state index contributed by atoms with van der Waals surface area (Å²) in [6, 6.07) is 10.9. The number of benzene rings is 1. The Morgan fingerprint density at radius 2 is 2.04 bits per heavy atom. The molecule has 1 aromatic carbocycles. The summed E-state index contributed by atoms with van der Waals surface area (Å²) in [5.74, 6) is 0.478. The number of aromatic nitrogens is 4. The average Bonchev–Trinajstić information content (AvgIpc) is 2.73. The molecule has 0 N–H and O–H groups in total. The van der Waals surface area contributed by atoms with Crippen LogP contribution in [0.3, 0.4) is 0 Å². The van der Waals surface area contributed by atoms with Crippen molar-refractivity contribution in [1.29, 1.82) is 0 Å². The summed E-state index contributed by atoms with van der Waals surface area (Å²) >= 11 is 3.38. The summed E-state index contributed by atoms with van der Waals surface area (Å²) in [6.45, 7) is 2.75. The molecule has 0 saturated heterocycles. The lowest BCUT2D eigenvalue weighted by atomic mass is 10.1. The number of nitrogens with zero attached hydrogens (tertiary/aromatic N) is 5. The molecule has 1 atom stereocenters. The number of Topliss-reactive ketones (excluding diaryl/α,β-unsaturated/α-hetero) is 1. The molecular formula is C20H18BrN5O2. The fraction of sp³-hybridized carbons (Fsp3) is 0.250. The molecule has 0 aliphatic carbocycles. The third kappa shape index (κ3) is 3.35. The lowest BCUT2D eigenvalue weighted by Crippen LogP contribution is -2.46. The van der Waals surface area contributed by atoms with Crippen LogP contribution in [0.1, 0.15) is 23.7 Å². The maximum absolute atomic E-state index is 12.9. The lowest BCUT2D eigenvalue weighted by molar-refractivity contribution is 0.0994. The molecule has 1 aliphatic rings. The first kappa shape index (κ1) is 18.5. The average molecular weight is 440 g/mol. The zero-order valence-electron chi connectivity index (χ0n) is 15.2. The van der Waals surface area contributed by atoms with Crippen molar-refractivity contribution in [3.05, 3.63) is 69.3 Å². The normalized spacial score (nSPS) is 15.9. The monoisotopic (exact) mass is 439 g/mol. The zero-order valence-corrected chi connectivity index (χ0v) is 16.8. The Bertz CT molecular complexity index is 1070. The lowest BCUT2D eigenvalue weighted by Gasteiger charge is -2.36. The molecular weight excluding hydrogens is 422 g/mol. The van der Waals surface area contributed by atoms with Crippen molar-refractivity contribution < 1.29 is 4.79 Å². The number of ketones is 1. The molecule has 0 bridgehead atoms. The third-order valence-corrected chi connectivity index (χ3v) is 5.60. The van der Waals surface area contributed by atoms with Crippen LogP contribution in [0.5, 0.6) is 0 Å². The van der Waals surface area contributed by atoms with Crippen LogP contribution in [0.15, 0.2) is 58.2 Å². The molecule has 4 rings (SSSR count). The first-order valence-electron chi connectivity index (χ1n) is 8.98. The van der Waals surface area contributed by atoms with Gasteiger partial charge in [0.15, 0.2) is 5.78 Å². The van der Waals surface area contributed by atoms with E-state index in [0.717, 1.165) is 6.42 Å². The van der Waals surface area contributed by atoms with Gasteiger partial charge in [0.2, 0.25) is 5.95 Å². The van der Waals surface area contributed by atoms with Crippen LogP contribution < -0.4 is 10.5 Å². The fourth-order valence-electron chi connectivity index (χ4n) is 3.31.